The lowest BCUT2D eigenvalue weighted by atomic mass is 10.0. The number of hydrogen-bond donors (Lipinski definition) is 3. The Morgan fingerprint density at radius 3 is 2.62 bits per heavy atom. The minimum atomic E-state index is -3.21. The molecule has 2 aromatic rings. The van der Waals surface area contributed by atoms with E-state index < -0.39 is 32.4 Å². The van der Waals surface area contributed by atoms with Crippen LogP contribution in [0.15, 0.2) is 29.8 Å². The molecule has 1 fully saturated rings. The van der Waals surface area contributed by atoms with E-state index in [1.165, 1.54) is 0 Å². The molecule has 1 saturated heterocycles. The van der Waals surface area contributed by atoms with Crippen LogP contribution in [0, 0.1) is 6.92 Å². The van der Waals surface area contributed by atoms with Gasteiger partial charge in [0, 0.05) is 6.42 Å². The van der Waals surface area contributed by atoms with Crippen molar-refractivity contribution in [3.63, 3.8) is 0 Å². The summed E-state index contributed by atoms with van der Waals surface area (Å²) < 4.78 is 15.7. The van der Waals surface area contributed by atoms with Crippen LogP contribution in [0.4, 0.5) is 4.79 Å². The standard InChI is InChI=1S/C18H22N3O6PS/c1-10(12-3-5-13(6-4-12)16-11(2)19-9-29-16)20-17(22)15-7-14(27-28(25)26)8-21(15)18(23)24/h3-6,9-10,14-15,28H,7-8H2,1-2H3,(H,20,22)(H,23,24)(H,25,26)/t10-,14?,15?/m0/s1. The Morgan fingerprint density at radius 1 is 1.38 bits per heavy atom. The van der Waals surface area contributed by atoms with Crippen molar-refractivity contribution < 1.29 is 28.7 Å². The van der Waals surface area contributed by atoms with Crippen molar-refractivity contribution in [1.29, 1.82) is 0 Å². The topological polar surface area (TPSA) is 129 Å². The first-order valence-corrected chi connectivity index (χ1v) is 11.1. The van der Waals surface area contributed by atoms with Crippen molar-refractivity contribution in [3.05, 3.63) is 41.0 Å². The third-order valence-corrected chi connectivity index (χ3v) is 6.37. The highest BCUT2D eigenvalue weighted by Gasteiger charge is 2.41. The molecule has 1 aromatic carbocycles. The number of likely N-dealkylation sites (tertiary alicyclic amines) is 1. The molecule has 0 radical (unpaired) electrons. The number of aryl methyl sites for hydroxylation is 1. The minimum Gasteiger partial charge on any atom is -0.465 e. The number of carbonyl (C=O) groups excluding carboxylic acids is 1. The van der Waals surface area contributed by atoms with Crippen LogP contribution in [-0.4, -0.2) is 50.6 Å². The number of carboxylic acid groups (broad SMARTS) is 1. The highest BCUT2D eigenvalue weighted by atomic mass is 32.1. The monoisotopic (exact) mass is 439 g/mol. The van der Waals surface area contributed by atoms with Crippen molar-refractivity contribution in [2.45, 2.75) is 38.5 Å². The van der Waals surface area contributed by atoms with Gasteiger partial charge < -0.3 is 19.8 Å². The molecule has 0 bridgehead atoms. The third-order valence-electron chi connectivity index (χ3n) is 4.86. The summed E-state index contributed by atoms with van der Waals surface area (Å²) in [5.41, 5.74) is 4.67. The summed E-state index contributed by atoms with van der Waals surface area (Å²) >= 11 is 1.56. The Hall–Kier alpha value is -2.26. The van der Waals surface area contributed by atoms with Gasteiger partial charge >= 0.3 is 14.3 Å². The lowest BCUT2D eigenvalue weighted by molar-refractivity contribution is -0.125. The van der Waals surface area contributed by atoms with Crippen LogP contribution in [0.1, 0.15) is 30.6 Å². The number of nitrogens with zero attached hydrogens (tertiary/aromatic N) is 2. The average Bonchev–Trinajstić information content (AvgIpc) is 3.27. The van der Waals surface area contributed by atoms with E-state index in [0.29, 0.717) is 0 Å². The van der Waals surface area contributed by atoms with E-state index in [2.05, 4.69) is 10.3 Å². The van der Waals surface area contributed by atoms with Gasteiger partial charge in [0.2, 0.25) is 5.91 Å². The van der Waals surface area contributed by atoms with E-state index in [1.54, 1.807) is 16.8 Å². The fourth-order valence-corrected chi connectivity index (χ4v) is 4.65. The van der Waals surface area contributed by atoms with Crippen molar-refractivity contribution >= 4 is 31.6 Å². The smallest absolute Gasteiger partial charge is 0.408 e. The summed E-state index contributed by atoms with van der Waals surface area (Å²) in [4.78, 5) is 39.3. The second-order valence-electron chi connectivity index (χ2n) is 6.81. The molecule has 1 aliphatic rings. The van der Waals surface area contributed by atoms with Gasteiger partial charge in [-0.2, -0.15) is 0 Å². The van der Waals surface area contributed by atoms with E-state index >= 15 is 0 Å². The molecule has 4 atom stereocenters. The molecule has 0 saturated carbocycles. The number of rotatable bonds is 6. The van der Waals surface area contributed by atoms with Crippen LogP contribution in [-0.2, 0) is 13.9 Å². The second kappa shape index (κ2) is 9.04. The number of amides is 2. The first-order valence-electron chi connectivity index (χ1n) is 8.96. The lowest BCUT2D eigenvalue weighted by Crippen LogP contribution is -2.46. The van der Waals surface area contributed by atoms with Crippen molar-refractivity contribution in [2.75, 3.05) is 6.54 Å². The maximum atomic E-state index is 12.7. The highest BCUT2D eigenvalue weighted by molar-refractivity contribution is 7.32. The quantitative estimate of drug-likeness (QED) is 0.590. The predicted octanol–water partition coefficient (Wildman–Crippen LogP) is 2.82. The molecule has 2 amide bonds. The summed E-state index contributed by atoms with van der Waals surface area (Å²) in [6.45, 7) is 3.63. The number of benzene rings is 1. The molecule has 1 aliphatic heterocycles. The Bertz CT molecular complexity index is 919. The zero-order valence-corrected chi connectivity index (χ0v) is 17.7. The number of nitrogens with one attached hydrogen (secondary N) is 1. The van der Waals surface area contributed by atoms with E-state index in [-0.39, 0.29) is 19.0 Å². The summed E-state index contributed by atoms with van der Waals surface area (Å²) in [7, 11) is -3.21. The van der Waals surface area contributed by atoms with Crippen LogP contribution in [0.25, 0.3) is 10.4 Å². The molecule has 0 aliphatic carbocycles. The zero-order chi connectivity index (χ0) is 21.1. The lowest BCUT2D eigenvalue weighted by Gasteiger charge is -2.23. The number of thiazole rings is 1. The van der Waals surface area contributed by atoms with Gasteiger partial charge in [0.1, 0.15) is 6.04 Å². The number of hydrogen-bond acceptors (Lipinski definition) is 6. The molecule has 156 valence electrons. The molecule has 0 spiro atoms. The fourth-order valence-electron chi connectivity index (χ4n) is 3.38. The number of aromatic nitrogens is 1. The molecule has 2 heterocycles. The van der Waals surface area contributed by atoms with Gasteiger partial charge in [0.15, 0.2) is 0 Å². The molecule has 29 heavy (non-hydrogen) atoms. The van der Waals surface area contributed by atoms with E-state index in [9.17, 15) is 19.3 Å². The van der Waals surface area contributed by atoms with E-state index in [1.807, 2.05) is 38.1 Å². The molecule has 3 N–H and O–H groups in total. The summed E-state index contributed by atoms with van der Waals surface area (Å²) in [6, 6.07) is 6.42. The van der Waals surface area contributed by atoms with Crippen molar-refractivity contribution in [1.82, 2.24) is 15.2 Å². The summed E-state index contributed by atoms with van der Waals surface area (Å²) in [6.07, 6.45) is -2.02. The molecule has 1 aromatic heterocycles. The van der Waals surface area contributed by atoms with E-state index in [4.69, 9.17) is 9.42 Å². The predicted molar refractivity (Wildman–Crippen MR) is 108 cm³/mol. The van der Waals surface area contributed by atoms with Gasteiger partial charge in [0.05, 0.1) is 34.8 Å². The van der Waals surface area contributed by atoms with E-state index in [0.717, 1.165) is 26.6 Å². The van der Waals surface area contributed by atoms with Crippen LogP contribution in [0.3, 0.4) is 0 Å². The Morgan fingerprint density at radius 2 is 2.07 bits per heavy atom. The molecular weight excluding hydrogens is 417 g/mol. The van der Waals surface area contributed by atoms with Gasteiger partial charge in [-0.1, -0.05) is 24.3 Å². The highest BCUT2D eigenvalue weighted by Crippen LogP contribution is 2.30. The zero-order valence-electron chi connectivity index (χ0n) is 15.9. The maximum Gasteiger partial charge on any atom is 0.408 e. The normalized spacial score (nSPS) is 21.0. The Kier molecular flexibility index (Phi) is 6.69. The van der Waals surface area contributed by atoms with Gasteiger partial charge in [-0.3, -0.25) is 14.3 Å². The van der Waals surface area contributed by atoms with Gasteiger partial charge in [-0.15, -0.1) is 11.3 Å². The van der Waals surface area contributed by atoms with Gasteiger partial charge in [-0.05, 0) is 25.0 Å². The first-order chi connectivity index (χ1) is 13.8. The van der Waals surface area contributed by atoms with Crippen LogP contribution < -0.4 is 5.32 Å². The fraction of sp³-hybridized carbons (Fsp3) is 0.389. The van der Waals surface area contributed by atoms with Crippen molar-refractivity contribution in [3.8, 4) is 10.4 Å². The number of carbonyl (C=O) groups is 2. The largest absolute Gasteiger partial charge is 0.465 e. The summed E-state index contributed by atoms with van der Waals surface area (Å²) in [5, 5.41) is 12.2. The third kappa shape index (κ3) is 5.02. The molecule has 3 rings (SSSR count). The van der Waals surface area contributed by atoms with Gasteiger partial charge in [-0.25, -0.2) is 9.78 Å². The molecular formula is C18H22N3O6PS. The van der Waals surface area contributed by atoms with Crippen LogP contribution >= 0.6 is 19.6 Å². The Labute approximate surface area is 172 Å². The first kappa shape index (κ1) is 21.4. The SMILES string of the molecule is Cc1ncsc1-c1ccc([C@H](C)NC(=O)C2CC(O[PH](=O)O)CN2C(=O)O)cc1. The summed E-state index contributed by atoms with van der Waals surface area (Å²) in [5.74, 6) is -0.467. The van der Waals surface area contributed by atoms with Crippen LogP contribution in [0.2, 0.25) is 0 Å². The van der Waals surface area contributed by atoms with Crippen molar-refractivity contribution in [2.24, 2.45) is 0 Å². The molecule has 9 nitrogen and oxygen atoms in total. The maximum absolute atomic E-state index is 12.7. The van der Waals surface area contributed by atoms with Crippen LogP contribution in [0.5, 0.6) is 0 Å². The molecule has 11 heteroatoms. The minimum absolute atomic E-state index is 0.0331. The average molecular weight is 439 g/mol. The molecule has 3 unspecified atom stereocenters. The van der Waals surface area contributed by atoms with Gasteiger partial charge in [0.25, 0.3) is 0 Å². The second-order valence-corrected chi connectivity index (χ2v) is 8.43. The Balaban J connectivity index is 1.67.